The Bertz CT molecular complexity index is 789. The molecule has 4 rings (SSSR count). The van der Waals surface area contributed by atoms with Crippen molar-refractivity contribution in [2.75, 3.05) is 19.8 Å². The van der Waals surface area contributed by atoms with Gasteiger partial charge in [0.05, 0.1) is 18.6 Å². The fourth-order valence-electron chi connectivity index (χ4n) is 3.38. The maximum Gasteiger partial charge on any atom is 0.165 e. The summed E-state index contributed by atoms with van der Waals surface area (Å²) in [7, 11) is 0. The second-order valence-electron chi connectivity index (χ2n) is 6.52. The smallest absolute Gasteiger partial charge is 0.165 e. The van der Waals surface area contributed by atoms with Gasteiger partial charge in [0, 0.05) is 23.1 Å². The summed E-state index contributed by atoms with van der Waals surface area (Å²) in [6.07, 6.45) is 1.09. The van der Waals surface area contributed by atoms with Gasteiger partial charge in [-0.05, 0) is 37.6 Å². The summed E-state index contributed by atoms with van der Waals surface area (Å²) in [5, 5.41) is 0.801. The third-order valence-corrected chi connectivity index (χ3v) is 5.13. The van der Waals surface area contributed by atoms with Crippen molar-refractivity contribution in [2.24, 2.45) is 5.92 Å². The van der Waals surface area contributed by atoms with Crippen molar-refractivity contribution < 1.29 is 23.0 Å². The van der Waals surface area contributed by atoms with E-state index in [1.54, 1.807) is 0 Å². The number of hydrogen-bond acceptors (Lipinski definition) is 3. The van der Waals surface area contributed by atoms with Gasteiger partial charge in [0.15, 0.2) is 11.6 Å². The van der Waals surface area contributed by atoms with Crippen molar-refractivity contribution in [1.82, 2.24) is 0 Å². The zero-order valence-corrected chi connectivity index (χ0v) is 16.5. The number of fused-ring (bicyclic) bond motifs is 3. The van der Waals surface area contributed by atoms with Gasteiger partial charge in [0.25, 0.3) is 0 Å². The molecule has 3 nitrogen and oxygen atoms in total. The van der Waals surface area contributed by atoms with Crippen LogP contribution in [0.5, 0.6) is 5.75 Å². The van der Waals surface area contributed by atoms with E-state index in [0.717, 1.165) is 23.4 Å². The molecule has 0 aliphatic carbocycles. The molecule has 150 valence electrons. The highest BCUT2D eigenvalue weighted by Crippen LogP contribution is 2.47. The molecule has 0 spiro atoms. The van der Waals surface area contributed by atoms with Gasteiger partial charge in [-0.1, -0.05) is 29.3 Å². The fraction of sp³-hybridized carbons (Fsp3) is 0.318. The van der Waals surface area contributed by atoms with Crippen molar-refractivity contribution in [3.05, 3.63) is 77.3 Å². The molecule has 28 heavy (non-hydrogen) atoms. The molecule has 0 N–H and O–H groups in total. The van der Waals surface area contributed by atoms with Crippen LogP contribution in [0, 0.1) is 24.5 Å². The van der Waals surface area contributed by atoms with E-state index in [2.05, 4.69) is 13.2 Å². The van der Waals surface area contributed by atoms with Crippen LogP contribution in [-0.4, -0.2) is 26.1 Å². The van der Waals surface area contributed by atoms with Crippen LogP contribution in [0.15, 0.2) is 49.6 Å². The van der Waals surface area contributed by atoms with Gasteiger partial charge in [-0.3, -0.25) is 0 Å². The van der Waals surface area contributed by atoms with Gasteiger partial charge in [0.1, 0.15) is 12.1 Å². The van der Waals surface area contributed by atoms with E-state index in [0.29, 0.717) is 19.6 Å². The third-order valence-electron chi connectivity index (χ3n) is 4.88. The van der Waals surface area contributed by atoms with Crippen molar-refractivity contribution >= 4 is 17.9 Å². The Kier molecular flexibility index (Phi) is 7.72. The Labute approximate surface area is 168 Å². The number of carbonyl (C=O) groups is 1. The van der Waals surface area contributed by atoms with Crippen LogP contribution in [0.3, 0.4) is 0 Å². The number of ether oxygens (including phenoxy) is 2. The van der Waals surface area contributed by atoms with Gasteiger partial charge < -0.3 is 14.3 Å². The van der Waals surface area contributed by atoms with Crippen molar-refractivity contribution in [3.8, 4) is 5.75 Å². The number of benzene rings is 2. The molecule has 0 aromatic heterocycles. The van der Waals surface area contributed by atoms with E-state index in [9.17, 15) is 13.6 Å². The molecule has 0 saturated carbocycles. The number of carbonyl (C=O) groups excluding carboxylic acids is 1. The van der Waals surface area contributed by atoms with Gasteiger partial charge in [0.2, 0.25) is 0 Å². The lowest BCUT2D eigenvalue weighted by atomic mass is 9.67. The lowest BCUT2D eigenvalue weighted by Gasteiger charge is -2.44. The number of rotatable bonds is 1. The molecule has 2 aromatic carbocycles. The van der Waals surface area contributed by atoms with Crippen LogP contribution in [0.25, 0.3) is 0 Å². The molecular formula is C22H23ClF2O3. The molecule has 0 radical (unpaired) electrons. The molecule has 2 unspecified atom stereocenters. The molecule has 0 bridgehead atoms. The highest BCUT2D eigenvalue weighted by molar-refractivity contribution is 6.30. The highest BCUT2D eigenvalue weighted by Gasteiger charge is 2.50. The van der Waals surface area contributed by atoms with E-state index in [-0.39, 0.29) is 23.8 Å². The summed E-state index contributed by atoms with van der Waals surface area (Å²) in [4.78, 5) is 11.5. The summed E-state index contributed by atoms with van der Waals surface area (Å²) in [6.45, 7) is 8.90. The number of aldehydes is 1. The van der Waals surface area contributed by atoms with E-state index >= 15 is 0 Å². The van der Waals surface area contributed by atoms with Crippen LogP contribution < -0.4 is 4.74 Å². The standard InChI is InChI=1S/C13H12F2O3.C7H7Cl.C2H4/c14-9-1-2-10(15)12-11(9)13(7-16)3-4-17-5-8(13)6-18-12;1-6-2-4-7(8)5-3-6;1-2/h1-2,7-8H,3-6H2;2-5H,1H3;1-2H2. The van der Waals surface area contributed by atoms with Crippen LogP contribution in [-0.2, 0) is 14.9 Å². The molecule has 2 aliphatic rings. The normalized spacial score (nSPS) is 22.1. The third kappa shape index (κ3) is 4.42. The van der Waals surface area contributed by atoms with Gasteiger partial charge >= 0.3 is 0 Å². The molecule has 0 amide bonds. The lowest BCUT2D eigenvalue weighted by molar-refractivity contribution is -0.123. The van der Waals surface area contributed by atoms with E-state index in [1.165, 1.54) is 5.56 Å². The minimum atomic E-state index is -1.02. The SMILES string of the molecule is C=C.Cc1ccc(Cl)cc1.O=CC12CCOCC1COc1c(F)ccc(F)c12. The van der Waals surface area contributed by atoms with E-state index in [1.807, 2.05) is 31.2 Å². The van der Waals surface area contributed by atoms with Crippen molar-refractivity contribution in [1.29, 1.82) is 0 Å². The van der Waals surface area contributed by atoms with Crippen molar-refractivity contribution in [3.63, 3.8) is 0 Å². The predicted octanol–water partition coefficient (Wildman–Crippen LogP) is 5.28. The minimum Gasteiger partial charge on any atom is -0.490 e. The van der Waals surface area contributed by atoms with Crippen LogP contribution in [0.1, 0.15) is 17.5 Å². The summed E-state index contributed by atoms with van der Waals surface area (Å²) in [6, 6.07) is 9.81. The first-order valence-corrected chi connectivity index (χ1v) is 9.23. The van der Waals surface area contributed by atoms with Crippen LogP contribution in [0.4, 0.5) is 8.78 Å². The van der Waals surface area contributed by atoms with Gasteiger partial charge in [-0.2, -0.15) is 0 Å². The quantitative estimate of drug-likeness (QED) is 0.475. The number of halogens is 3. The second-order valence-corrected chi connectivity index (χ2v) is 6.96. The summed E-state index contributed by atoms with van der Waals surface area (Å²) >= 11 is 5.61. The first kappa shape index (κ1) is 22.1. The Morgan fingerprint density at radius 3 is 2.36 bits per heavy atom. The Balaban J connectivity index is 0.000000236. The van der Waals surface area contributed by atoms with E-state index in [4.69, 9.17) is 21.1 Å². The van der Waals surface area contributed by atoms with E-state index < -0.39 is 17.0 Å². The highest BCUT2D eigenvalue weighted by atomic mass is 35.5. The Morgan fingerprint density at radius 1 is 1.11 bits per heavy atom. The topological polar surface area (TPSA) is 35.5 Å². The number of hydrogen-bond donors (Lipinski definition) is 0. The van der Waals surface area contributed by atoms with Gasteiger partial charge in [-0.25, -0.2) is 8.78 Å². The first-order valence-electron chi connectivity index (χ1n) is 8.85. The molecule has 2 atom stereocenters. The lowest BCUT2D eigenvalue weighted by Crippen LogP contribution is -2.50. The van der Waals surface area contributed by atoms with Crippen molar-refractivity contribution in [2.45, 2.75) is 18.8 Å². The second kappa shape index (κ2) is 9.80. The maximum absolute atomic E-state index is 14.0. The molecule has 2 aromatic rings. The molecular weight excluding hydrogens is 386 g/mol. The zero-order chi connectivity index (χ0) is 20.7. The molecule has 6 heteroatoms. The molecule has 2 heterocycles. The summed E-state index contributed by atoms with van der Waals surface area (Å²) < 4.78 is 38.3. The van der Waals surface area contributed by atoms with Crippen LogP contribution in [0.2, 0.25) is 5.02 Å². The average molecular weight is 409 g/mol. The Hall–Kier alpha value is -2.24. The molecule has 1 fully saturated rings. The summed E-state index contributed by atoms with van der Waals surface area (Å²) in [5.74, 6) is -1.60. The Morgan fingerprint density at radius 2 is 1.75 bits per heavy atom. The fourth-order valence-corrected chi connectivity index (χ4v) is 3.51. The van der Waals surface area contributed by atoms with Gasteiger partial charge in [-0.15, -0.1) is 13.2 Å². The first-order chi connectivity index (χ1) is 13.5. The minimum absolute atomic E-state index is 0.0528. The van der Waals surface area contributed by atoms with Crippen LogP contribution >= 0.6 is 11.6 Å². The largest absolute Gasteiger partial charge is 0.490 e. The zero-order valence-electron chi connectivity index (χ0n) is 15.7. The monoisotopic (exact) mass is 408 g/mol. The number of aryl methyl sites for hydroxylation is 1. The molecule has 1 saturated heterocycles. The molecule has 2 aliphatic heterocycles. The summed E-state index contributed by atoms with van der Waals surface area (Å²) in [5.41, 5.74) is 0.282. The average Bonchev–Trinajstić information content (AvgIpc) is 2.74. The maximum atomic E-state index is 14.0. The predicted molar refractivity (Wildman–Crippen MR) is 106 cm³/mol.